The van der Waals surface area contributed by atoms with E-state index in [1.165, 1.54) is 17.5 Å². The van der Waals surface area contributed by atoms with Gasteiger partial charge in [0.1, 0.15) is 0 Å². The lowest BCUT2D eigenvalue weighted by Gasteiger charge is -2.24. The number of hydrogen-bond donors (Lipinski definition) is 1. The Balaban J connectivity index is 1.62. The Kier molecular flexibility index (Phi) is 6.57. The van der Waals surface area contributed by atoms with Gasteiger partial charge in [-0.3, -0.25) is 9.69 Å². The second-order valence-electron chi connectivity index (χ2n) is 7.34. The Morgan fingerprint density at radius 3 is 2.68 bits per heavy atom. The van der Waals surface area contributed by atoms with E-state index in [4.69, 9.17) is 9.47 Å². The second kappa shape index (κ2) is 9.11. The lowest BCUT2D eigenvalue weighted by molar-refractivity contribution is -0.120. The molecule has 1 aliphatic carbocycles. The molecule has 0 saturated carbocycles. The third-order valence-electron chi connectivity index (χ3n) is 5.37. The summed E-state index contributed by atoms with van der Waals surface area (Å²) in [5.74, 6) is 1.44. The van der Waals surface area contributed by atoms with Crippen molar-refractivity contribution in [1.29, 1.82) is 0 Å². The normalized spacial score (nSPS) is 13.9. The molecule has 2 aromatic carbocycles. The van der Waals surface area contributed by atoms with E-state index in [1.807, 2.05) is 50.1 Å². The molecule has 0 heterocycles. The van der Waals surface area contributed by atoms with E-state index in [0.29, 0.717) is 18.9 Å². The van der Waals surface area contributed by atoms with Gasteiger partial charge in [-0.2, -0.15) is 0 Å². The molecule has 28 heavy (non-hydrogen) atoms. The Morgan fingerprint density at radius 2 is 1.93 bits per heavy atom. The summed E-state index contributed by atoms with van der Waals surface area (Å²) in [5.41, 5.74) is 4.72. The molecule has 1 aliphatic rings. The highest BCUT2D eigenvalue weighted by molar-refractivity contribution is 5.94. The number of fused-ring (bicyclic) bond motifs is 1. The number of anilines is 1. The van der Waals surface area contributed by atoms with Crippen molar-refractivity contribution in [2.24, 2.45) is 0 Å². The van der Waals surface area contributed by atoms with Gasteiger partial charge in [0, 0.05) is 12.2 Å². The van der Waals surface area contributed by atoms with E-state index < -0.39 is 0 Å². The summed E-state index contributed by atoms with van der Waals surface area (Å²) in [6, 6.07) is 11.9. The third-order valence-corrected chi connectivity index (χ3v) is 5.37. The first kappa shape index (κ1) is 20.2. The van der Waals surface area contributed by atoms with Crippen LogP contribution >= 0.6 is 0 Å². The van der Waals surface area contributed by atoms with Crippen LogP contribution in [0.5, 0.6) is 11.5 Å². The van der Waals surface area contributed by atoms with Crippen LogP contribution in [0.3, 0.4) is 0 Å². The van der Waals surface area contributed by atoms with Crippen molar-refractivity contribution >= 4 is 11.6 Å². The zero-order chi connectivity index (χ0) is 20.1. The van der Waals surface area contributed by atoms with Gasteiger partial charge in [0.15, 0.2) is 11.5 Å². The van der Waals surface area contributed by atoms with Crippen molar-refractivity contribution in [3.05, 3.63) is 53.1 Å². The Bertz CT molecular complexity index is 835. The number of amides is 1. The van der Waals surface area contributed by atoms with Gasteiger partial charge in [-0.15, -0.1) is 0 Å². The van der Waals surface area contributed by atoms with E-state index in [1.54, 1.807) is 7.11 Å². The SMILES string of the molecule is CCOc1ccc(CN(C)[C@H](C)C(=O)Nc2ccc3c(c2)CCC3)cc1OC. The minimum Gasteiger partial charge on any atom is -0.493 e. The van der Waals surface area contributed by atoms with Crippen LogP contribution in [0.4, 0.5) is 5.69 Å². The van der Waals surface area contributed by atoms with Crippen molar-refractivity contribution in [3.8, 4) is 11.5 Å². The maximum absolute atomic E-state index is 12.7. The number of benzene rings is 2. The first-order valence-corrected chi connectivity index (χ1v) is 9.94. The Labute approximate surface area is 167 Å². The molecule has 0 radical (unpaired) electrons. The molecule has 0 aliphatic heterocycles. The number of rotatable bonds is 8. The molecule has 0 spiro atoms. The molecule has 0 saturated heterocycles. The minimum atomic E-state index is -0.259. The molecule has 0 fully saturated rings. The molecule has 2 aromatic rings. The number of nitrogens with one attached hydrogen (secondary N) is 1. The molecule has 3 rings (SSSR count). The van der Waals surface area contributed by atoms with Crippen LogP contribution in [0.25, 0.3) is 0 Å². The maximum Gasteiger partial charge on any atom is 0.241 e. The molecular weight excluding hydrogens is 352 g/mol. The van der Waals surface area contributed by atoms with Gasteiger partial charge in [-0.1, -0.05) is 12.1 Å². The number of aryl methyl sites for hydroxylation is 2. The van der Waals surface area contributed by atoms with E-state index in [2.05, 4.69) is 17.4 Å². The molecule has 0 unspecified atom stereocenters. The molecule has 0 bridgehead atoms. The van der Waals surface area contributed by atoms with E-state index in [0.717, 1.165) is 29.8 Å². The summed E-state index contributed by atoms with van der Waals surface area (Å²) < 4.78 is 11.0. The van der Waals surface area contributed by atoms with Gasteiger partial charge in [0.05, 0.1) is 19.8 Å². The first-order chi connectivity index (χ1) is 13.5. The molecule has 1 N–H and O–H groups in total. The molecule has 5 heteroatoms. The number of hydrogen-bond acceptors (Lipinski definition) is 4. The fourth-order valence-corrected chi connectivity index (χ4v) is 3.61. The summed E-state index contributed by atoms with van der Waals surface area (Å²) in [7, 11) is 3.59. The lowest BCUT2D eigenvalue weighted by Crippen LogP contribution is -2.39. The van der Waals surface area contributed by atoms with Crippen LogP contribution in [0.2, 0.25) is 0 Å². The number of carbonyl (C=O) groups is 1. The second-order valence-corrected chi connectivity index (χ2v) is 7.34. The fourth-order valence-electron chi connectivity index (χ4n) is 3.61. The van der Waals surface area contributed by atoms with Crippen molar-refractivity contribution < 1.29 is 14.3 Å². The lowest BCUT2D eigenvalue weighted by atomic mass is 10.1. The van der Waals surface area contributed by atoms with Crippen LogP contribution in [-0.2, 0) is 24.2 Å². The summed E-state index contributed by atoms with van der Waals surface area (Å²) >= 11 is 0. The van der Waals surface area contributed by atoms with Gasteiger partial charge in [-0.25, -0.2) is 0 Å². The van der Waals surface area contributed by atoms with Crippen LogP contribution in [0.1, 0.15) is 37.0 Å². The van der Waals surface area contributed by atoms with Crippen LogP contribution < -0.4 is 14.8 Å². The molecule has 1 atom stereocenters. The molecule has 150 valence electrons. The van der Waals surface area contributed by atoms with Gasteiger partial charge < -0.3 is 14.8 Å². The highest BCUT2D eigenvalue weighted by Crippen LogP contribution is 2.29. The van der Waals surface area contributed by atoms with Gasteiger partial charge in [0.25, 0.3) is 0 Å². The van der Waals surface area contributed by atoms with Crippen molar-refractivity contribution in [3.63, 3.8) is 0 Å². The summed E-state index contributed by atoms with van der Waals surface area (Å²) in [4.78, 5) is 14.7. The fraction of sp³-hybridized carbons (Fsp3) is 0.435. The number of ether oxygens (including phenoxy) is 2. The smallest absolute Gasteiger partial charge is 0.241 e. The molecule has 5 nitrogen and oxygen atoms in total. The zero-order valence-electron chi connectivity index (χ0n) is 17.2. The minimum absolute atomic E-state index is 0.00153. The standard InChI is InChI=1S/C23H30N2O3/c1-5-28-21-12-9-17(13-22(21)27-4)15-25(3)16(2)23(26)24-20-11-10-18-7-6-8-19(18)14-20/h9-14,16H,5-8,15H2,1-4H3,(H,24,26)/t16-/m1/s1. The summed E-state index contributed by atoms with van der Waals surface area (Å²) in [6.45, 7) is 5.11. The van der Waals surface area contributed by atoms with E-state index in [-0.39, 0.29) is 11.9 Å². The zero-order valence-corrected chi connectivity index (χ0v) is 17.2. The molecule has 0 aromatic heterocycles. The van der Waals surface area contributed by atoms with Gasteiger partial charge in [0.2, 0.25) is 5.91 Å². The predicted molar refractivity (Wildman–Crippen MR) is 112 cm³/mol. The molecule has 1 amide bonds. The number of likely N-dealkylation sites (N-methyl/N-ethyl adjacent to an activating group) is 1. The summed E-state index contributed by atoms with van der Waals surface area (Å²) in [6.07, 6.45) is 3.46. The average molecular weight is 383 g/mol. The number of carbonyl (C=O) groups excluding carboxylic acids is 1. The Morgan fingerprint density at radius 1 is 1.14 bits per heavy atom. The highest BCUT2D eigenvalue weighted by atomic mass is 16.5. The Hall–Kier alpha value is -2.53. The maximum atomic E-state index is 12.7. The molecular formula is C23H30N2O3. The number of nitrogens with zero attached hydrogens (tertiary/aromatic N) is 1. The van der Waals surface area contributed by atoms with Crippen LogP contribution in [0, 0.1) is 0 Å². The van der Waals surface area contributed by atoms with Crippen molar-refractivity contribution in [2.75, 3.05) is 26.1 Å². The largest absolute Gasteiger partial charge is 0.493 e. The van der Waals surface area contributed by atoms with Crippen LogP contribution in [-0.4, -0.2) is 37.6 Å². The quantitative estimate of drug-likeness (QED) is 0.749. The first-order valence-electron chi connectivity index (χ1n) is 9.94. The predicted octanol–water partition coefficient (Wildman–Crippen LogP) is 4.04. The highest BCUT2D eigenvalue weighted by Gasteiger charge is 2.20. The number of methoxy groups -OCH3 is 1. The van der Waals surface area contributed by atoms with Crippen molar-refractivity contribution in [2.45, 2.75) is 45.7 Å². The van der Waals surface area contributed by atoms with Crippen LogP contribution in [0.15, 0.2) is 36.4 Å². The van der Waals surface area contributed by atoms with Crippen molar-refractivity contribution in [1.82, 2.24) is 4.90 Å². The van der Waals surface area contributed by atoms with Gasteiger partial charge in [-0.05, 0) is 81.1 Å². The average Bonchev–Trinajstić information content (AvgIpc) is 3.16. The van der Waals surface area contributed by atoms with E-state index >= 15 is 0 Å². The topological polar surface area (TPSA) is 50.8 Å². The third kappa shape index (κ3) is 4.65. The monoisotopic (exact) mass is 382 g/mol. The van der Waals surface area contributed by atoms with Gasteiger partial charge >= 0.3 is 0 Å². The summed E-state index contributed by atoms with van der Waals surface area (Å²) in [5, 5.41) is 3.06. The van der Waals surface area contributed by atoms with E-state index in [9.17, 15) is 4.79 Å².